The molecule has 62 atom stereocenters. The number of hydrogen-bond donors (Lipinski definition) is 0. The van der Waals surface area contributed by atoms with Gasteiger partial charge < -0.3 is 0 Å². The van der Waals surface area contributed by atoms with Crippen molar-refractivity contribution >= 4 is 901 Å². The molecule has 0 saturated carbocycles. The first-order valence-corrected chi connectivity index (χ1v) is 232. The molecule has 62 unspecified atom stereocenters. The van der Waals surface area contributed by atoms with Gasteiger partial charge in [-0.1, -0.05) is 0 Å². The topological polar surface area (TPSA) is 0 Å². The van der Waals surface area contributed by atoms with E-state index in [4.69, 9.17) is 0 Å². The summed E-state index contributed by atoms with van der Waals surface area (Å²) in [6.45, 7) is -25.3. The predicted octanol–water partition coefficient (Wildman–Crippen LogP) is 66.5. The van der Waals surface area contributed by atoms with Gasteiger partial charge in [0.2, 0.25) is 0 Å². The molecule has 0 bridgehead atoms. The van der Waals surface area contributed by atoms with E-state index >= 15 is 0 Å². The molecule has 0 radical (unpaired) electrons. The van der Waals surface area contributed by atoms with Gasteiger partial charge in [-0.15, -0.1) is 509 Å². The van der Waals surface area contributed by atoms with Gasteiger partial charge in [0, 0.05) is 0 Å². The summed E-state index contributed by atoms with van der Waals surface area (Å²) in [5.74, 6) is 0. The van der Waals surface area contributed by atoms with Crippen LogP contribution in [-0.4, -0.2) is 0 Å². The zero-order valence-electron chi connectivity index (χ0n) is 58.0. The molecule has 0 saturated heterocycles. The van der Waals surface area contributed by atoms with Crippen molar-refractivity contribution in [2.75, 3.05) is 0 Å². The van der Waals surface area contributed by atoms with Crippen LogP contribution in [0.4, 0.5) is 0 Å². The highest BCUT2D eigenvalue weighted by atomic mass is 33.6. The molecule has 680 valence electrons. The van der Waals surface area contributed by atoms with Crippen LogP contribution in [0.15, 0.2) is 0 Å². The Morgan fingerprint density at radius 2 is 0.159 bits per heavy atom. The molecule has 0 aromatic carbocycles. The summed E-state index contributed by atoms with van der Waals surface area (Å²) in [4.78, 5) is 0. The smallest absolute Gasteiger partial charge is 0.000359 e. The lowest BCUT2D eigenvalue weighted by atomic mass is 28.4. The molecule has 0 fully saturated rings. The third kappa shape index (κ3) is 57.7. The van der Waals surface area contributed by atoms with Crippen molar-refractivity contribution in [2.45, 2.75) is 0 Å². The van der Waals surface area contributed by atoms with E-state index in [1.165, 1.54) is 0 Å². The minimum Gasteiger partial charge on any atom is -0.102 e. The highest BCUT2D eigenvalue weighted by molar-refractivity contribution is 9.59. The van der Waals surface area contributed by atoms with E-state index in [-0.39, 0.29) is 6.99 Å². The lowest BCUT2D eigenvalue weighted by molar-refractivity contribution is 4.32. The van der Waals surface area contributed by atoms with Crippen molar-refractivity contribution in [3.8, 4) is 0 Å². The molecular formula is H115P113. The molecule has 0 aliphatic heterocycles. The summed E-state index contributed by atoms with van der Waals surface area (Å²) in [7, 11) is 219. The minimum atomic E-state index is -0.658. The van der Waals surface area contributed by atoms with Gasteiger partial charge in [0.25, 0.3) is 0 Å². The molecule has 0 aromatic rings. The Bertz CT molecular complexity index is 1940. The van der Waals surface area contributed by atoms with Crippen LogP contribution in [0, 0.1) is 0 Å². The van der Waals surface area contributed by atoms with E-state index in [0.717, 1.165) is 7.96 Å². The molecular weight excluding hydrogens is 3500 g/mol. The SMILES string of the molecule is PP(P)P(P)P(P(P)P)P(P(PP(P(P(P(P(P)P)P(P)P)P(P(P)P)P(P)P)P(P(P(P)P)P(P)P)P(P(P)P)P(P)P)P(P(P(P(P)P)P(P)P)P(P(P)P)P(P)P)P(P(P(P)P)P(P)P)P(P(P)P)P(P)P)P(P(P(P(P)P)P(P)P)P(P(P)P)P(P)P)P(P(P(P)P)P(P)P)P(P(P)P)P(P)P)P(P(P)P)P(P)P. The Labute approximate surface area is 886 Å². The molecule has 0 amide bonds. The van der Waals surface area contributed by atoms with Gasteiger partial charge >= 0.3 is 0 Å². The molecule has 113 heavy (non-hydrogen) atoms. The maximum atomic E-state index is 3.97. The Morgan fingerprint density at radius 3 is 0.239 bits per heavy atom. The molecule has 0 aromatic heterocycles. The van der Waals surface area contributed by atoms with E-state index in [0.29, 0.717) is 0 Å². The molecule has 0 heterocycles. The second-order valence-corrected chi connectivity index (χ2v) is 488. The second kappa shape index (κ2) is 88.8. The van der Waals surface area contributed by atoms with Crippen LogP contribution in [0.2, 0.25) is 0 Å². The molecule has 0 rings (SSSR count). The van der Waals surface area contributed by atoms with E-state index < -0.39 is 377 Å². The fourth-order valence-corrected chi connectivity index (χ4v) is 1670. The largest absolute Gasteiger partial charge is 0.102 e. The van der Waals surface area contributed by atoms with E-state index in [9.17, 15) is 0 Å². The fourth-order valence-electron chi connectivity index (χ4n) is 6.89. The van der Waals surface area contributed by atoms with Gasteiger partial charge in [-0.05, 0) is 392 Å². The van der Waals surface area contributed by atoms with Crippen molar-refractivity contribution in [2.24, 2.45) is 0 Å². The Kier molecular flexibility index (Phi) is 127. The van der Waals surface area contributed by atoms with E-state index in [1.54, 1.807) is 0 Å². The fraction of sp³-hybridized carbons (Fsp3) is 0. The first kappa shape index (κ1) is 162. The molecule has 0 nitrogen and oxygen atoms in total. The lowest BCUT2D eigenvalue weighted by Crippen LogP contribution is -1.74. The normalized spacial score (nSPS) is 15.8. The van der Waals surface area contributed by atoms with Crippen LogP contribution in [-0.2, 0) is 0 Å². The van der Waals surface area contributed by atoms with Crippen molar-refractivity contribution < 1.29 is 0 Å². The van der Waals surface area contributed by atoms with Crippen molar-refractivity contribution in [3.63, 3.8) is 0 Å². The Morgan fingerprint density at radius 1 is 0.0796 bits per heavy atom. The summed E-state index contributed by atoms with van der Waals surface area (Å²) in [6, 6.07) is 0. The second-order valence-electron chi connectivity index (χ2n) is 18.1. The maximum Gasteiger partial charge on any atom is -0.000359 e. The van der Waals surface area contributed by atoms with Crippen LogP contribution in [0.5, 0.6) is 0 Å². The summed E-state index contributed by atoms with van der Waals surface area (Å²) >= 11 is 0. The third-order valence-corrected chi connectivity index (χ3v) is 814. The molecule has 0 N–H and O–H groups in total. The van der Waals surface area contributed by atoms with Gasteiger partial charge in [-0.25, -0.2) is 0 Å². The van der Waals surface area contributed by atoms with Gasteiger partial charge in [0.05, 0.1) is 0 Å². The Balaban J connectivity index is 15.0. The van der Waals surface area contributed by atoms with Crippen LogP contribution < -0.4 is 0 Å². The third-order valence-electron chi connectivity index (χ3n) is 10.1. The van der Waals surface area contributed by atoms with Crippen molar-refractivity contribution in [1.29, 1.82) is 0 Å². The average molecular weight is 3620 g/mol. The summed E-state index contributed by atoms with van der Waals surface area (Å²) in [6.07, 6.45) is 0. The number of rotatable bonds is 55. The number of hydrogen-bond acceptors (Lipinski definition) is 0. The summed E-state index contributed by atoms with van der Waals surface area (Å²) < 4.78 is 0. The van der Waals surface area contributed by atoms with E-state index in [2.05, 4.69) is 509 Å². The van der Waals surface area contributed by atoms with Crippen LogP contribution in [0.25, 0.3) is 0 Å². The average Bonchev–Trinajstić information content (AvgIpc) is 0.724. The van der Waals surface area contributed by atoms with E-state index in [1.807, 2.05) is 0 Å². The predicted molar refractivity (Wildman–Crippen MR) is 942 cm³/mol. The van der Waals surface area contributed by atoms with Crippen molar-refractivity contribution in [1.82, 2.24) is 0 Å². The standard InChI is InChI=1S/H115P113/c1-59(2)87(57)103(86(55)56)104(90(60(3)4)61(5)6)88(105(108(91(62(7)8)63(9)10)92(64(11)12)65(13)14)109(93(66(15)16)67(17)18)94(68(19)20)69(21)22)58-89(106(110(95(70(23)24)71(25)26)96(72(27)28)73(29)30)111(97(74(31)32)75(33)34)98(76(35)36)77(37)38)107(112(99(78(39)40)79(41)42)100(80(43)44)81(45)46)113(101(82(47)48)83(49)50)102(84(51)52)85(53)54/h58H,1-57H2. The zero-order valence-corrected chi connectivity index (χ0v) is 174. The quantitative estimate of drug-likeness (QED) is 0.0533. The van der Waals surface area contributed by atoms with Gasteiger partial charge in [-0.2, -0.15) is 0 Å². The van der Waals surface area contributed by atoms with Crippen LogP contribution in [0.1, 0.15) is 0 Å². The lowest BCUT2D eigenvalue weighted by Gasteiger charge is -2.62. The van der Waals surface area contributed by atoms with Crippen molar-refractivity contribution in [3.05, 3.63) is 0 Å². The van der Waals surface area contributed by atoms with Gasteiger partial charge in [0.1, 0.15) is 0 Å². The van der Waals surface area contributed by atoms with Crippen LogP contribution >= 0.6 is 901 Å². The molecule has 0 aliphatic rings. The highest BCUT2D eigenvalue weighted by Gasteiger charge is 2.65. The zero-order chi connectivity index (χ0) is 89.5. The first-order chi connectivity index (χ1) is 51.4. The summed E-state index contributed by atoms with van der Waals surface area (Å²) in [5, 5.41) is 0. The monoisotopic (exact) mass is 3620 g/mol. The Hall–Kier alpha value is 48.6. The van der Waals surface area contributed by atoms with Crippen LogP contribution in [0.3, 0.4) is 0 Å². The van der Waals surface area contributed by atoms with Gasteiger partial charge in [-0.3, -0.25) is 0 Å². The minimum absolute atomic E-state index is 0.389. The molecule has 0 aliphatic carbocycles. The molecule has 113 heteroatoms. The highest BCUT2D eigenvalue weighted by Crippen LogP contribution is 3.53. The maximum absolute atomic E-state index is 3.97. The van der Waals surface area contributed by atoms with Gasteiger partial charge in [0.15, 0.2) is 0 Å². The molecule has 0 spiro atoms. The summed E-state index contributed by atoms with van der Waals surface area (Å²) in [5.41, 5.74) is 0. The first-order valence-electron chi connectivity index (χ1n) is 25.8.